The molecule has 0 amide bonds. The minimum Gasteiger partial charge on any atom is -0.462 e. The Morgan fingerprint density at radius 1 is 0.368 bits per heavy atom. The summed E-state index contributed by atoms with van der Waals surface area (Å²) in [6, 6.07) is 0. The van der Waals surface area contributed by atoms with E-state index >= 15 is 0 Å². The van der Waals surface area contributed by atoms with Crippen molar-refractivity contribution in [1.29, 1.82) is 0 Å². The van der Waals surface area contributed by atoms with Gasteiger partial charge >= 0.3 is 17.9 Å². The van der Waals surface area contributed by atoms with Crippen LogP contribution >= 0.6 is 0 Å². The predicted octanol–water partition coefficient (Wildman–Crippen LogP) is 14.6. The highest BCUT2D eigenvalue weighted by molar-refractivity contribution is 5.71. The molecule has 0 aliphatic heterocycles. The van der Waals surface area contributed by atoms with Crippen molar-refractivity contribution >= 4 is 17.9 Å². The van der Waals surface area contributed by atoms with Gasteiger partial charge in [-0.3, -0.25) is 14.4 Å². The number of allylic oxidation sites excluding steroid dienone is 16. The molecule has 0 bridgehead atoms. The van der Waals surface area contributed by atoms with Crippen LogP contribution in [0.5, 0.6) is 0 Å². The zero-order valence-electron chi connectivity index (χ0n) is 36.6. The largest absolute Gasteiger partial charge is 0.462 e. The first-order chi connectivity index (χ1) is 28.0. The van der Waals surface area contributed by atoms with Crippen LogP contribution in [-0.4, -0.2) is 37.2 Å². The molecular formula is C51H82O6. The zero-order chi connectivity index (χ0) is 41.5. The molecule has 322 valence electrons. The summed E-state index contributed by atoms with van der Waals surface area (Å²) in [5.41, 5.74) is 0. The highest BCUT2D eigenvalue weighted by Gasteiger charge is 2.19. The summed E-state index contributed by atoms with van der Waals surface area (Å²) in [7, 11) is 0. The van der Waals surface area contributed by atoms with E-state index < -0.39 is 6.10 Å². The fourth-order valence-corrected chi connectivity index (χ4v) is 5.82. The molecule has 1 atom stereocenters. The lowest BCUT2D eigenvalue weighted by atomic mass is 10.1. The van der Waals surface area contributed by atoms with Gasteiger partial charge in [0, 0.05) is 19.3 Å². The number of esters is 3. The molecule has 0 spiro atoms. The van der Waals surface area contributed by atoms with Crippen LogP contribution in [0.15, 0.2) is 97.2 Å². The third-order valence-electron chi connectivity index (χ3n) is 9.16. The summed E-state index contributed by atoms with van der Waals surface area (Å²) in [6.45, 7) is 6.20. The first-order valence-electron chi connectivity index (χ1n) is 22.8. The van der Waals surface area contributed by atoms with Gasteiger partial charge in [0.2, 0.25) is 0 Å². The van der Waals surface area contributed by atoms with E-state index in [0.29, 0.717) is 19.3 Å². The molecule has 0 saturated carbocycles. The van der Waals surface area contributed by atoms with Crippen molar-refractivity contribution in [2.24, 2.45) is 0 Å². The van der Waals surface area contributed by atoms with Gasteiger partial charge in [-0.05, 0) is 89.9 Å². The number of carbonyl (C=O) groups is 3. The molecule has 0 aliphatic rings. The molecule has 6 nitrogen and oxygen atoms in total. The lowest BCUT2D eigenvalue weighted by molar-refractivity contribution is -0.167. The number of hydrogen-bond acceptors (Lipinski definition) is 6. The molecule has 0 radical (unpaired) electrons. The molecule has 0 heterocycles. The second-order valence-corrected chi connectivity index (χ2v) is 14.6. The van der Waals surface area contributed by atoms with Gasteiger partial charge in [-0.1, -0.05) is 176 Å². The monoisotopic (exact) mass is 791 g/mol. The Bertz CT molecular complexity index is 1180. The Hall–Kier alpha value is -3.67. The van der Waals surface area contributed by atoms with Crippen LogP contribution in [0.3, 0.4) is 0 Å². The normalized spacial score (nSPS) is 13.0. The van der Waals surface area contributed by atoms with Gasteiger partial charge in [-0.2, -0.15) is 0 Å². The van der Waals surface area contributed by atoms with Gasteiger partial charge in [0.25, 0.3) is 0 Å². The topological polar surface area (TPSA) is 78.9 Å². The standard InChI is InChI=1S/C51H82O6/c1-4-7-10-13-16-19-22-25-26-27-30-32-35-38-41-44-50(53)56-47-48(57-51(54)45-42-39-36-33-29-24-21-18-15-12-9-6-3)46-55-49(52)43-40-37-34-31-28-23-20-17-14-11-8-5-2/h7-13,16-22,25-26,48H,4-6,14-15,23-24,27-47H2,1-3H3/b10-7-,11-8-,12-9-,16-13-,20-17-,21-18-,22-19-,26-25-. The smallest absolute Gasteiger partial charge is 0.306 e. The molecule has 6 heteroatoms. The van der Waals surface area contributed by atoms with Crippen molar-refractivity contribution in [3.05, 3.63) is 97.2 Å². The van der Waals surface area contributed by atoms with Crippen LogP contribution in [0, 0.1) is 0 Å². The lowest BCUT2D eigenvalue weighted by Gasteiger charge is -2.18. The van der Waals surface area contributed by atoms with Crippen LogP contribution in [-0.2, 0) is 28.6 Å². The molecule has 0 aliphatic carbocycles. The van der Waals surface area contributed by atoms with E-state index in [1.807, 2.05) is 24.3 Å². The van der Waals surface area contributed by atoms with Crippen molar-refractivity contribution in [1.82, 2.24) is 0 Å². The van der Waals surface area contributed by atoms with Crippen LogP contribution in [0.4, 0.5) is 0 Å². The first kappa shape index (κ1) is 53.3. The molecular weight excluding hydrogens is 709 g/mol. The molecule has 0 aromatic carbocycles. The van der Waals surface area contributed by atoms with Gasteiger partial charge in [-0.25, -0.2) is 0 Å². The summed E-state index contributed by atoms with van der Waals surface area (Å²) < 4.78 is 16.7. The number of carbonyl (C=O) groups excluding carboxylic acids is 3. The molecule has 0 N–H and O–H groups in total. The van der Waals surface area contributed by atoms with E-state index in [-0.39, 0.29) is 31.1 Å². The van der Waals surface area contributed by atoms with Crippen LogP contribution < -0.4 is 0 Å². The summed E-state index contributed by atoms with van der Waals surface area (Å²) >= 11 is 0. The van der Waals surface area contributed by atoms with Crippen molar-refractivity contribution in [2.75, 3.05) is 13.2 Å². The minimum absolute atomic E-state index is 0.101. The molecule has 0 aromatic rings. The summed E-state index contributed by atoms with van der Waals surface area (Å²) in [6.07, 6.45) is 58.2. The Labute approximate surface area is 349 Å². The molecule has 57 heavy (non-hydrogen) atoms. The Morgan fingerprint density at radius 3 is 1.18 bits per heavy atom. The SMILES string of the molecule is CC\C=C/C=C\C=C/C=C\CCCCCCCC(=O)OCC(COC(=O)CCCCCCC/C=C\C/C=C\CC)OC(=O)CCCCCCC/C=C\C/C=C\CC. The predicted molar refractivity (Wildman–Crippen MR) is 242 cm³/mol. The maximum Gasteiger partial charge on any atom is 0.306 e. The number of ether oxygens (including phenoxy) is 3. The molecule has 0 saturated heterocycles. The van der Waals surface area contributed by atoms with Crippen LogP contribution in [0.1, 0.15) is 188 Å². The lowest BCUT2D eigenvalue weighted by Crippen LogP contribution is -2.30. The average Bonchev–Trinajstić information content (AvgIpc) is 3.21. The van der Waals surface area contributed by atoms with E-state index in [2.05, 4.69) is 93.7 Å². The highest BCUT2D eigenvalue weighted by atomic mass is 16.6. The van der Waals surface area contributed by atoms with Gasteiger partial charge < -0.3 is 14.2 Å². The summed E-state index contributed by atoms with van der Waals surface area (Å²) in [5, 5.41) is 0. The van der Waals surface area contributed by atoms with Crippen LogP contribution in [0.25, 0.3) is 0 Å². The number of hydrogen-bond donors (Lipinski definition) is 0. The second kappa shape index (κ2) is 45.0. The Morgan fingerprint density at radius 2 is 0.719 bits per heavy atom. The fourth-order valence-electron chi connectivity index (χ4n) is 5.82. The fraction of sp³-hybridized carbons (Fsp3) is 0.627. The number of rotatable bonds is 39. The van der Waals surface area contributed by atoms with Crippen molar-refractivity contribution in [3.8, 4) is 0 Å². The van der Waals surface area contributed by atoms with Crippen LogP contribution in [0.2, 0.25) is 0 Å². The maximum absolute atomic E-state index is 12.7. The quantitative estimate of drug-likeness (QED) is 0.0203. The van der Waals surface area contributed by atoms with E-state index in [1.54, 1.807) is 0 Å². The van der Waals surface area contributed by atoms with E-state index in [1.165, 1.54) is 0 Å². The van der Waals surface area contributed by atoms with Gasteiger partial charge in [-0.15, -0.1) is 0 Å². The van der Waals surface area contributed by atoms with E-state index in [9.17, 15) is 14.4 Å². The van der Waals surface area contributed by atoms with E-state index in [0.717, 1.165) is 148 Å². The second-order valence-electron chi connectivity index (χ2n) is 14.6. The molecule has 0 rings (SSSR count). The van der Waals surface area contributed by atoms with Gasteiger partial charge in [0.05, 0.1) is 0 Å². The number of unbranched alkanes of at least 4 members (excludes halogenated alkanes) is 15. The summed E-state index contributed by atoms with van der Waals surface area (Å²) in [5.74, 6) is -0.963. The first-order valence-corrected chi connectivity index (χ1v) is 22.8. The van der Waals surface area contributed by atoms with Crippen molar-refractivity contribution in [2.45, 2.75) is 194 Å². The third kappa shape index (κ3) is 43.3. The molecule has 1 unspecified atom stereocenters. The molecule has 0 fully saturated rings. The Kier molecular flexibility index (Phi) is 42.1. The minimum atomic E-state index is -0.799. The summed E-state index contributed by atoms with van der Waals surface area (Å²) in [4.78, 5) is 37.8. The van der Waals surface area contributed by atoms with Crippen molar-refractivity contribution in [3.63, 3.8) is 0 Å². The highest BCUT2D eigenvalue weighted by Crippen LogP contribution is 2.13. The Balaban J connectivity index is 4.48. The van der Waals surface area contributed by atoms with Crippen molar-refractivity contribution < 1.29 is 28.6 Å². The average molecular weight is 791 g/mol. The zero-order valence-corrected chi connectivity index (χ0v) is 36.6. The molecule has 0 aromatic heterocycles. The van der Waals surface area contributed by atoms with E-state index in [4.69, 9.17) is 14.2 Å². The van der Waals surface area contributed by atoms with Gasteiger partial charge in [0.1, 0.15) is 13.2 Å². The van der Waals surface area contributed by atoms with Gasteiger partial charge in [0.15, 0.2) is 6.10 Å². The third-order valence-corrected chi connectivity index (χ3v) is 9.16. The maximum atomic E-state index is 12.7.